The molecule has 0 spiro atoms. The molecule has 1 saturated heterocycles. The van der Waals surface area contributed by atoms with E-state index in [2.05, 4.69) is 0 Å². The predicted octanol–water partition coefficient (Wildman–Crippen LogP) is -4.17. The number of nitrogens with zero attached hydrogens (tertiary/aromatic N) is 1. The summed E-state index contributed by atoms with van der Waals surface area (Å²) in [6.07, 6.45) is 2.41. The maximum absolute atomic E-state index is 10.4. The molecule has 3 nitrogen and oxygen atoms in total. The topological polar surface area (TPSA) is 43.1 Å². The minimum absolute atomic E-state index is 0. The minimum atomic E-state index is -0.903. The third-order valence-electron chi connectivity index (χ3n) is 2.49. The predicted molar refractivity (Wildman–Crippen MR) is 33.1 cm³/mol. The van der Waals surface area contributed by atoms with Crippen molar-refractivity contribution in [3.05, 3.63) is 0 Å². The van der Waals surface area contributed by atoms with Gasteiger partial charge in [0, 0.05) is 6.04 Å². The summed E-state index contributed by atoms with van der Waals surface area (Å²) in [5, 5.41) is 10.4. The van der Waals surface area contributed by atoms with Crippen molar-refractivity contribution in [2.75, 3.05) is 7.05 Å². The van der Waals surface area contributed by atoms with Crippen LogP contribution in [-0.4, -0.2) is 30.0 Å². The van der Waals surface area contributed by atoms with Gasteiger partial charge in [0.25, 0.3) is 0 Å². The van der Waals surface area contributed by atoms with E-state index >= 15 is 0 Å². The maximum Gasteiger partial charge on any atom is 1.00 e. The largest absolute Gasteiger partial charge is 1.00 e. The van der Waals surface area contributed by atoms with Gasteiger partial charge in [-0.05, 0) is 25.8 Å². The molecule has 3 atom stereocenters. The van der Waals surface area contributed by atoms with Crippen LogP contribution < -0.4 is 24.0 Å². The zero-order valence-electron chi connectivity index (χ0n) is 6.91. The Kier molecular flexibility index (Phi) is 2.34. The number of carbonyl (C=O) groups is 1. The summed E-state index contributed by atoms with van der Waals surface area (Å²) in [5.41, 5.74) is 0. The fourth-order valence-corrected chi connectivity index (χ4v) is 1.70. The van der Waals surface area contributed by atoms with Gasteiger partial charge >= 0.3 is 18.9 Å². The molecule has 11 heavy (non-hydrogen) atoms. The molecular formula is C7H10LiNO2. The van der Waals surface area contributed by atoms with Crippen molar-refractivity contribution in [2.45, 2.75) is 24.9 Å². The number of likely N-dealkylation sites (N-methyl/N-ethyl adjacent to an activating group) is 1. The smallest absolute Gasteiger partial charge is 0.548 e. The second kappa shape index (κ2) is 2.82. The first-order valence-corrected chi connectivity index (χ1v) is 3.64. The van der Waals surface area contributed by atoms with Gasteiger partial charge in [-0.3, -0.25) is 4.90 Å². The first-order chi connectivity index (χ1) is 4.72. The van der Waals surface area contributed by atoms with Gasteiger partial charge < -0.3 is 9.90 Å². The third kappa shape index (κ3) is 1.46. The molecule has 4 heteroatoms. The van der Waals surface area contributed by atoms with Gasteiger partial charge in [0.15, 0.2) is 0 Å². The monoisotopic (exact) mass is 147 g/mol. The number of hydrogen-bond donors (Lipinski definition) is 0. The summed E-state index contributed by atoms with van der Waals surface area (Å²) in [6, 6.07) is 0.0394. The number of carboxylic acid groups (broad SMARTS) is 1. The zero-order chi connectivity index (χ0) is 7.30. The molecule has 1 heterocycles. The Labute approximate surface area is 77.9 Å². The third-order valence-corrected chi connectivity index (χ3v) is 2.49. The average Bonchev–Trinajstić information content (AvgIpc) is 2.57. The molecule has 2 fully saturated rings. The maximum atomic E-state index is 10.4. The fraction of sp³-hybridized carbons (Fsp3) is 0.857. The Balaban J connectivity index is 0.000000605. The number of carbonyl (C=O) groups excluding carboxylic acids is 1. The summed E-state index contributed by atoms with van der Waals surface area (Å²) >= 11 is 0. The van der Waals surface area contributed by atoms with Crippen molar-refractivity contribution in [1.82, 2.24) is 4.90 Å². The van der Waals surface area contributed by atoms with E-state index < -0.39 is 5.97 Å². The van der Waals surface area contributed by atoms with Crippen LogP contribution in [0.2, 0.25) is 0 Å². The SMILES string of the molecule is CN1[C@H](C2CC2)[C@@H]1C(=O)[O-].[Li+]. The number of aliphatic carboxylic acids is 1. The number of carboxylic acids is 1. The van der Waals surface area contributed by atoms with E-state index in [0.717, 1.165) is 0 Å². The molecule has 0 aromatic heterocycles. The van der Waals surface area contributed by atoms with E-state index in [1.165, 1.54) is 12.8 Å². The molecule has 0 amide bonds. The molecule has 1 aliphatic carbocycles. The van der Waals surface area contributed by atoms with E-state index in [9.17, 15) is 9.90 Å². The second-order valence-corrected chi connectivity index (χ2v) is 3.26. The van der Waals surface area contributed by atoms with E-state index in [0.29, 0.717) is 12.0 Å². The molecular weight excluding hydrogens is 137 g/mol. The Morgan fingerprint density at radius 1 is 1.55 bits per heavy atom. The van der Waals surface area contributed by atoms with Crippen molar-refractivity contribution >= 4 is 5.97 Å². The summed E-state index contributed by atoms with van der Waals surface area (Å²) < 4.78 is 0. The van der Waals surface area contributed by atoms with Gasteiger partial charge in [-0.15, -0.1) is 0 Å². The Hall–Kier alpha value is 0.0274. The van der Waals surface area contributed by atoms with Crippen LogP contribution in [0.1, 0.15) is 12.8 Å². The molecule has 1 unspecified atom stereocenters. The quantitative estimate of drug-likeness (QED) is 0.294. The van der Waals surface area contributed by atoms with Crippen LogP contribution in [0, 0.1) is 5.92 Å². The van der Waals surface area contributed by atoms with Crippen molar-refractivity contribution in [3.63, 3.8) is 0 Å². The van der Waals surface area contributed by atoms with Crippen molar-refractivity contribution < 1.29 is 28.8 Å². The first kappa shape index (κ1) is 9.12. The van der Waals surface area contributed by atoms with Crippen molar-refractivity contribution in [3.8, 4) is 0 Å². The van der Waals surface area contributed by atoms with Crippen molar-refractivity contribution in [2.24, 2.45) is 5.92 Å². The molecule has 0 N–H and O–H groups in total. The van der Waals surface area contributed by atoms with Crippen LogP contribution in [-0.2, 0) is 4.79 Å². The second-order valence-electron chi connectivity index (χ2n) is 3.26. The van der Waals surface area contributed by atoms with E-state index in [1.54, 1.807) is 0 Å². The normalized spacial score (nSPS) is 41.0. The fourth-order valence-electron chi connectivity index (χ4n) is 1.70. The number of hydrogen-bond acceptors (Lipinski definition) is 3. The van der Waals surface area contributed by atoms with Crippen LogP contribution in [0.4, 0.5) is 0 Å². The van der Waals surface area contributed by atoms with E-state index in [-0.39, 0.29) is 24.9 Å². The molecule has 0 aromatic rings. The van der Waals surface area contributed by atoms with Crippen LogP contribution in [0.5, 0.6) is 0 Å². The first-order valence-electron chi connectivity index (χ1n) is 3.64. The molecule has 1 aliphatic heterocycles. The molecule has 56 valence electrons. The van der Waals surface area contributed by atoms with Crippen LogP contribution in [0.3, 0.4) is 0 Å². The summed E-state index contributed by atoms with van der Waals surface area (Å²) in [4.78, 5) is 12.2. The molecule has 0 bridgehead atoms. The Bertz CT molecular complexity index is 181. The van der Waals surface area contributed by atoms with Crippen LogP contribution >= 0.6 is 0 Å². The standard InChI is InChI=1S/C7H11NO2.Li/c1-8-5(4-2-3-4)6(8)7(9)10;/h4-6H,2-3H2,1H3,(H,9,10);/q;+1/p-1/t5-,6-,8?;/m1./s1. The van der Waals surface area contributed by atoms with Gasteiger partial charge in [0.2, 0.25) is 0 Å². The van der Waals surface area contributed by atoms with Gasteiger partial charge in [-0.1, -0.05) is 0 Å². The average molecular weight is 147 g/mol. The van der Waals surface area contributed by atoms with Gasteiger partial charge in [-0.2, -0.15) is 0 Å². The van der Waals surface area contributed by atoms with E-state index in [4.69, 9.17) is 0 Å². The molecule has 0 aromatic carbocycles. The Morgan fingerprint density at radius 2 is 2.09 bits per heavy atom. The molecule has 1 saturated carbocycles. The summed E-state index contributed by atoms with van der Waals surface area (Å²) in [6.45, 7) is 0. The van der Waals surface area contributed by atoms with Gasteiger partial charge in [0.05, 0.1) is 12.0 Å². The zero-order valence-corrected chi connectivity index (χ0v) is 6.91. The van der Waals surface area contributed by atoms with Crippen LogP contribution in [0.15, 0.2) is 0 Å². The molecule has 0 radical (unpaired) electrons. The number of rotatable bonds is 2. The molecule has 2 rings (SSSR count). The Morgan fingerprint density at radius 3 is 2.36 bits per heavy atom. The van der Waals surface area contributed by atoms with Gasteiger partial charge in [0.1, 0.15) is 0 Å². The van der Waals surface area contributed by atoms with Crippen LogP contribution in [0.25, 0.3) is 0 Å². The summed E-state index contributed by atoms with van der Waals surface area (Å²) in [7, 11) is 1.85. The van der Waals surface area contributed by atoms with Crippen molar-refractivity contribution in [1.29, 1.82) is 0 Å². The summed E-state index contributed by atoms with van der Waals surface area (Å²) in [5.74, 6) is -0.243. The minimum Gasteiger partial charge on any atom is -0.548 e. The van der Waals surface area contributed by atoms with E-state index in [1.807, 2.05) is 11.9 Å². The van der Waals surface area contributed by atoms with Gasteiger partial charge in [-0.25, -0.2) is 0 Å². The molecule has 2 aliphatic rings.